The number of hydrogen-bond acceptors (Lipinski definition) is 2. The van der Waals surface area contributed by atoms with Gasteiger partial charge in [0.15, 0.2) is 0 Å². The average molecular weight is 304 g/mol. The van der Waals surface area contributed by atoms with Crippen molar-refractivity contribution in [3.8, 4) is 0 Å². The summed E-state index contributed by atoms with van der Waals surface area (Å²) < 4.78 is 0.664. The third-order valence-electron chi connectivity index (χ3n) is 2.69. The van der Waals surface area contributed by atoms with Gasteiger partial charge in [-0.05, 0) is 41.3 Å². The van der Waals surface area contributed by atoms with Crippen LogP contribution in [0.1, 0.15) is 29.6 Å². The van der Waals surface area contributed by atoms with Gasteiger partial charge >= 0.3 is 0 Å². The third-order valence-corrected chi connectivity index (χ3v) is 3.82. The number of halogens is 2. The van der Waals surface area contributed by atoms with Crippen molar-refractivity contribution >= 4 is 33.4 Å². The number of pyridine rings is 1. The van der Waals surface area contributed by atoms with Gasteiger partial charge in [-0.25, -0.2) is 4.98 Å². The van der Waals surface area contributed by atoms with E-state index in [1.807, 2.05) is 4.90 Å². The molecule has 0 spiro atoms. The zero-order valence-electron chi connectivity index (χ0n) is 8.75. The van der Waals surface area contributed by atoms with Crippen LogP contribution in [0.4, 0.5) is 0 Å². The standard InChI is InChI=1S/C11H12BrClN2O/c12-9-6-8(7-14-10(9)13)11(16)15-4-2-1-3-5-15/h6-7H,1-5H2. The predicted molar refractivity (Wildman–Crippen MR) is 66.7 cm³/mol. The molecular formula is C11H12BrClN2O. The van der Waals surface area contributed by atoms with Crippen molar-refractivity contribution in [1.29, 1.82) is 0 Å². The average Bonchev–Trinajstić information content (AvgIpc) is 2.33. The summed E-state index contributed by atoms with van der Waals surface area (Å²) in [6.45, 7) is 1.69. The highest BCUT2D eigenvalue weighted by Crippen LogP contribution is 2.22. The summed E-state index contributed by atoms with van der Waals surface area (Å²) in [6.07, 6.45) is 4.93. The number of likely N-dealkylation sites (tertiary alicyclic amines) is 1. The summed E-state index contributed by atoms with van der Waals surface area (Å²) in [4.78, 5) is 17.9. The summed E-state index contributed by atoms with van der Waals surface area (Å²) in [7, 11) is 0. The van der Waals surface area contributed by atoms with E-state index in [0.29, 0.717) is 15.2 Å². The van der Waals surface area contributed by atoms with Crippen LogP contribution in [0.2, 0.25) is 5.15 Å². The SMILES string of the molecule is O=C(c1cnc(Cl)c(Br)c1)N1CCCCC1. The van der Waals surface area contributed by atoms with Gasteiger partial charge in [-0.15, -0.1) is 0 Å². The van der Waals surface area contributed by atoms with Crippen molar-refractivity contribution in [1.82, 2.24) is 9.88 Å². The van der Waals surface area contributed by atoms with E-state index < -0.39 is 0 Å². The second kappa shape index (κ2) is 5.15. The molecule has 0 aromatic carbocycles. The Bertz CT molecular complexity index is 405. The van der Waals surface area contributed by atoms with Gasteiger partial charge in [0.2, 0.25) is 0 Å². The van der Waals surface area contributed by atoms with Crippen molar-refractivity contribution in [2.24, 2.45) is 0 Å². The molecule has 1 saturated heterocycles. The molecule has 0 atom stereocenters. The lowest BCUT2D eigenvalue weighted by atomic mass is 10.1. The van der Waals surface area contributed by atoms with Crippen molar-refractivity contribution in [3.63, 3.8) is 0 Å². The molecular weight excluding hydrogens is 291 g/mol. The normalized spacial score (nSPS) is 16.2. The van der Waals surface area contributed by atoms with E-state index in [0.717, 1.165) is 25.9 Å². The van der Waals surface area contributed by atoms with Gasteiger partial charge in [-0.3, -0.25) is 4.79 Å². The molecule has 3 nitrogen and oxygen atoms in total. The highest BCUT2D eigenvalue weighted by atomic mass is 79.9. The van der Waals surface area contributed by atoms with E-state index in [4.69, 9.17) is 11.6 Å². The van der Waals surface area contributed by atoms with Gasteiger partial charge in [0.05, 0.1) is 10.0 Å². The molecule has 0 saturated carbocycles. The number of nitrogens with zero attached hydrogens (tertiary/aromatic N) is 2. The monoisotopic (exact) mass is 302 g/mol. The molecule has 0 radical (unpaired) electrons. The van der Waals surface area contributed by atoms with Crippen molar-refractivity contribution < 1.29 is 4.79 Å². The molecule has 0 aliphatic carbocycles. The minimum Gasteiger partial charge on any atom is -0.339 e. The Labute approximate surface area is 108 Å². The smallest absolute Gasteiger partial charge is 0.255 e. The van der Waals surface area contributed by atoms with E-state index >= 15 is 0 Å². The van der Waals surface area contributed by atoms with Crippen molar-refractivity contribution in [2.75, 3.05) is 13.1 Å². The van der Waals surface area contributed by atoms with Crippen LogP contribution in [0.5, 0.6) is 0 Å². The molecule has 1 fully saturated rings. The van der Waals surface area contributed by atoms with Gasteiger partial charge < -0.3 is 4.90 Å². The van der Waals surface area contributed by atoms with Gasteiger partial charge in [0.1, 0.15) is 5.15 Å². The number of carbonyl (C=O) groups excluding carboxylic acids is 1. The first-order chi connectivity index (χ1) is 7.68. The number of amides is 1. The Kier molecular flexibility index (Phi) is 3.82. The van der Waals surface area contributed by atoms with Crippen molar-refractivity contribution in [3.05, 3.63) is 27.5 Å². The minimum absolute atomic E-state index is 0.0459. The summed E-state index contributed by atoms with van der Waals surface area (Å²) >= 11 is 9.06. The van der Waals surface area contributed by atoms with Crippen LogP contribution in [-0.2, 0) is 0 Å². The van der Waals surface area contributed by atoms with Crippen LogP contribution >= 0.6 is 27.5 Å². The van der Waals surface area contributed by atoms with Crippen LogP contribution in [0, 0.1) is 0 Å². The van der Waals surface area contributed by atoms with Crippen molar-refractivity contribution in [2.45, 2.75) is 19.3 Å². The van der Waals surface area contributed by atoms with Crippen LogP contribution in [-0.4, -0.2) is 28.9 Å². The molecule has 1 aromatic heterocycles. The van der Waals surface area contributed by atoms with Crippen LogP contribution in [0.25, 0.3) is 0 Å². The molecule has 5 heteroatoms. The summed E-state index contributed by atoms with van der Waals surface area (Å²) in [5, 5.41) is 0.384. The maximum absolute atomic E-state index is 12.1. The lowest BCUT2D eigenvalue weighted by Gasteiger charge is -2.26. The third kappa shape index (κ3) is 2.55. The highest BCUT2D eigenvalue weighted by molar-refractivity contribution is 9.10. The number of rotatable bonds is 1. The number of hydrogen-bond donors (Lipinski definition) is 0. The second-order valence-electron chi connectivity index (χ2n) is 3.85. The molecule has 86 valence electrons. The zero-order chi connectivity index (χ0) is 11.5. The second-order valence-corrected chi connectivity index (χ2v) is 5.06. The number of carbonyl (C=O) groups is 1. The van der Waals surface area contributed by atoms with Gasteiger partial charge in [-0.1, -0.05) is 11.6 Å². The Hall–Kier alpha value is -0.610. The first-order valence-corrected chi connectivity index (χ1v) is 6.46. The zero-order valence-corrected chi connectivity index (χ0v) is 11.1. The Morgan fingerprint density at radius 2 is 2.06 bits per heavy atom. The van der Waals surface area contributed by atoms with Gasteiger partial charge in [0, 0.05) is 19.3 Å². The fourth-order valence-electron chi connectivity index (χ4n) is 1.82. The maximum atomic E-state index is 12.1. The summed E-state index contributed by atoms with van der Waals surface area (Å²) in [5.41, 5.74) is 0.596. The molecule has 0 N–H and O–H groups in total. The molecule has 0 unspecified atom stereocenters. The summed E-state index contributed by atoms with van der Waals surface area (Å²) in [6, 6.07) is 1.73. The lowest BCUT2D eigenvalue weighted by molar-refractivity contribution is 0.0724. The maximum Gasteiger partial charge on any atom is 0.255 e. The highest BCUT2D eigenvalue weighted by Gasteiger charge is 2.18. The van der Waals surface area contributed by atoms with Crippen LogP contribution in [0.3, 0.4) is 0 Å². The number of piperidine rings is 1. The number of aromatic nitrogens is 1. The van der Waals surface area contributed by atoms with Crippen LogP contribution < -0.4 is 0 Å². The largest absolute Gasteiger partial charge is 0.339 e. The van der Waals surface area contributed by atoms with E-state index in [2.05, 4.69) is 20.9 Å². The molecule has 2 rings (SSSR count). The first-order valence-electron chi connectivity index (χ1n) is 5.29. The van der Waals surface area contributed by atoms with E-state index in [9.17, 15) is 4.79 Å². The predicted octanol–water partition coefficient (Wildman–Crippen LogP) is 3.12. The summed E-state index contributed by atoms with van der Waals surface area (Å²) in [5.74, 6) is 0.0459. The fraction of sp³-hybridized carbons (Fsp3) is 0.455. The quantitative estimate of drug-likeness (QED) is 0.747. The first kappa shape index (κ1) is 11.9. The van der Waals surface area contributed by atoms with E-state index in [1.165, 1.54) is 12.6 Å². The fourth-order valence-corrected chi connectivity index (χ4v) is 2.27. The molecule has 1 aliphatic heterocycles. The minimum atomic E-state index is 0.0459. The Morgan fingerprint density at radius 1 is 1.38 bits per heavy atom. The molecule has 1 aromatic rings. The molecule has 1 amide bonds. The van der Waals surface area contributed by atoms with Gasteiger partial charge in [0.25, 0.3) is 5.91 Å². The van der Waals surface area contributed by atoms with Crippen LogP contribution in [0.15, 0.2) is 16.7 Å². The van der Waals surface area contributed by atoms with E-state index in [-0.39, 0.29) is 5.91 Å². The lowest BCUT2D eigenvalue weighted by Crippen LogP contribution is -2.35. The Morgan fingerprint density at radius 3 is 2.69 bits per heavy atom. The Balaban J connectivity index is 2.16. The van der Waals surface area contributed by atoms with Gasteiger partial charge in [-0.2, -0.15) is 0 Å². The molecule has 2 heterocycles. The molecule has 1 aliphatic rings. The topological polar surface area (TPSA) is 33.2 Å². The van der Waals surface area contributed by atoms with E-state index in [1.54, 1.807) is 6.07 Å². The molecule has 0 bridgehead atoms. The molecule has 16 heavy (non-hydrogen) atoms.